The van der Waals surface area contributed by atoms with Crippen LogP contribution in [0.1, 0.15) is 29.8 Å². The van der Waals surface area contributed by atoms with Crippen molar-refractivity contribution in [2.75, 3.05) is 38.2 Å². The number of aromatic nitrogens is 2. The van der Waals surface area contributed by atoms with Gasteiger partial charge in [0.15, 0.2) is 0 Å². The third-order valence-electron chi connectivity index (χ3n) is 4.69. The Morgan fingerprint density at radius 1 is 1.32 bits per heavy atom. The lowest BCUT2D eigenvalue weighted by atomic mass is 9.95. The van der Waals surface area contributed by atoms with E-state index in [1.54, 1.807) is 18.6 Å². The summed E-state index contributed by atoms with van der Waals surface area (Å²) in [7, 11) is 0. The second-order valence-corrected chi connectivity index (χ2v) is 7.22. The number of fused-ring (bicyclic) bond motifs is 4. The Morgan fingerprint density at radius 2 is 2.23 bits per heavy atom. The van der Waals surface area contributed by atoms with E-state index in [0.717, 1.165) is 26.2 Å². The Balaban J connectivity index is 1.66. The summed E-state index contributed by atoms with van der Waals surface area (Å²) in [5.41, 5.74) is 0.470. The van der Waals surface area contributed by atoms with Gasteiger partial charge in [-0.2, -0.15) is 11.8 Å². The fourth-order valence-corrected chi connectivity index (χ4v) is 4.02. The topological polar surface area (TPSA) is 49.3 Å². The maximum absolute atomic E-state index is 12.6. The molecule has 0 aliphatic carbocycles. The average Bonchev–Trinajstić information content (AvgIpc) is 2.87. The molecule has 3 fully saturated rings. The molecule has 0 spiro atoms. The summed E-state index contributed by atoms with van der Waals surface area (Å²) in [6.45, 7) is 4.01. The van der Waals surface area contributed by atoms with E-state index in [2.05, 4.69) is 21.1 Å². The zero-order chi connectivity index (χ0) is 15.4. The van der Waals surface area contributed by atoms with Gasteiger partial charge in [0, 0.05) is 38.1 Å². The van der Waals surface area contributed by atoms with Crippen molar-refractivity contribution in [1.82, 2.24) is 19.8 Å². The van der Waals surface area contributed by atoms with Crippen LogP contribution in [-0.4, -0.2) is 69.9 Å². The molecule has 5 nitrogen and oxygen atoms in total. The number of amides is 1. The van der Waals surface area contributed by atoms with Crippen molar-refractivity contribution in [2.45, 2.75) is 25.3 Å². The summed E-state index contributed by atoms with van der Waals surface area (Å²) in [6.07, 6.45) is 10.6. The minimum absolute atomic E-state index is 0.0379. The molecule has 0 saturated carbocycles. The van der Waals surface area contributed by atoms with Crippen molar-refractivity contribution < 1.29 is 4.79 Å². The molecule has 1 aromatic heterocycles. The van der Waals surface area contributed by atoms with Crippen molar-refractivity contribution in [1.29, 1.82) is 0 Å². The molecule has 1 aromatic rings. The zero-order valence-electron chi connectivity index (χ0n) is 13.1. The highest BCUT2D eigenvalue weighted by Crippen LogP contribution is 2.28. The summed E-state index contributed by atoms with van der Waals surface area (Å²) in [4.78, 5) is 25.4. The minimum Gasteiger partial charge on any atom is -0.335 e. The third kappa shape index (κ3) is 3.60. The zero-order valence-corrected chi connectivity index (χ0v) is 14.0. The van der Waals surface area contributed by atoms with E-state index in [0.29, 0.717) is 17.7 Å². The van der Waals surface area contributed by atoms with E-state index in [-0.39, 0.29) is 5.91 Å². The molecule has 22 heavy (non-hydrogen) atoms. The lowest BCUT2D eigenvalue weighted by molar-refractivity contribution is 0.0731. The Morgan fingerprint density at radius 3 is 3.00 bits per heavy atom. The molecule has 0 unspecified atom stereocenters. The lowest BCUT2D eigenvalue weighted by Crippen LogP contribution is -2.45. The molecule has 0 aromatic carbocycles. The standard InChI is InChI=1S/C16H24N4OS/c1-22-8-2-7-19-10-13-3-4-14(19)12-20(11-13)16(21)15-9-17-5-6-18-15/h5-6,9,13-14H,2-4,7-8,10-12H2,1H3/t13-,14-/m1/s1. The van der Waals surface area contributed by atoms with E-state index in [1.165, 1.54) is 25.0 Å². The predicted molar refractivity (Wildman–Crippen MR) is 89.0 cm³/mol. The molecule has 3 aliphatic rings. The smallest absolute Gasteiger partial charge is 0.274 e. The summed E-state index contributed by atoms with van der Waals surface area (Å²) in [5.74, 6) is 1.86. The molecule has 2 atom stereocenters. The Labute approximate surface area is 136 Å². The van der Waals surface area contributed by atoms with Crippen molar-refractivity contribution in [3.8, 4) is 0 Å². The van der Waals surface area contributed by atoms with Crippen molar-refractivity contribution >= 4 is 17.7 Å². The average molecular weight is 320 g/mol. The van der Waals surface area contributed by atoms with Gasteiger partial charge in [-0.1, -0.05) is 0 Å². The number of carbonyl (C=O) groups excluding carboxylic acids is 1. The van der Waals surface area contributed by atoms with Gasteiger partial charge in [-0.05, 0) is 43.7 Å². The molecule has 6 heteroatoms. The first-order chi connectivity index (χ1) is 10.8. The van der Waals surface area contributed by atoms with Crippen molar-refractivity contribution in [2.24, 2.45) is 5.92 Å². The van der Waals surface area contributed by atoms with E-state index < -0.39 is 0 Å². The number of rotatable bonds is 5. The molecule has 4 heterocycles. The van der Waals surface area contributed by atoms with Gasteiger partial charge in [0.05, 0.1) is 6.20 Å². The monoisotopic (exact) mass is 320 g/mol. The fourth-order valence-electron chi connectivity index (χ4n) is 3.60. The van der Waals surface area contributed by atoms with Gasteiger partial charge in [0.2, 0.25) is 0 Å². The van der Waals surface area contributed by atoms with Gasteiger partial charge in [-0.25, -0.2) is 4.98 Å². The summed E-state index contributed by atoms with van der Waals surface area (Å²) in [6, 6.07) is 0.515. The number of carbonyl (C=O) groups is 1. The van der Waals surface area contributed by atoms with Crippen LogP contribution in [0, 0.1) is 5.92 Å². The van der Waals surface area contributed by atoms with Crippen LogP contribution in [0.2, 0.25) is 0 Å². The number of hydrogen-bond donors (Lipinski definition) is 0. The number of hydrogen-bond acceptors (Lipinski definition) is 5. The van der Waals surface area contributed by atoms with Gasteiger partial charge < -0.3 is 4.90 Å². The maximum atomic E-state index is 12.6. The van der Waals surface area contributed by atoms with Crippen LogP contribution >= 0.6 is 11.8 Å². The fraction of sp³-hybridized carbons (Fsp3) is 0.688. The Bertz CT molecular complexity index is 498. The molecule has 3 aliphatic heterocycles. The van der Waals surface area contributed by atoms with Gasteiger partial charge in [-0.3, -0.25) is 14.7 Å². The highest BCUT2D eigenvalue weighted by atomic mass is 32.2. The van der Waals surface area contributed by atoms with E-state index in [1.807, 2.05) is 16.7 Å². The molecular formula is C16H24N4OS. The van der Waals surface area contributed by atoms with Crippen LogP contribution in [0.5, 0.6) is 0 Å². The quantitative estimate of drug-likeness (QED) is 0.774. The normalized spacial score (nSPS) is 25.2. The molecule has 3 saturated heterocycles. The van der Waals surface area contributed by atoms with Gasteiger partial charge in [0.1, 0.15) is 5.69 Å². The lowest BCUT2D eigenvalue weighted by Gasteiger charge is -2.35. The maximum Gasteiger partial charge on any atom is 0.274 e. The second-order valence-electron chi connectivity index (χ2n) is 6.24. The molecule has 0 N–H and O–H groups in total. The highest BCUT2D eigenvalue weighted by Gasteiger charge is 2.36. The van der Waals surface area contributed by atoms with E-state index in [4.69, 9.17) is 0 Å². The van der Waals surface area contributed by atoms with Crippen LogP contribution in [0.3, 0.4) is 0 Å². The van der Waals surface area contributed by atoms with Gasteiger partial charge >= 0.3 is 0 Å². The molecule has 120 valence electrons. The third-order valence-corrected chi connectivity index (χ3v) is 5.39. The van der Waals surface area contributed by atoms with E-state index in [9.17, 15) is 4.79 Å². The van der Waals surface area contributed by atoms with Crippen molar-refractivity contribution in [3.05, 3.63) is 24.3 Å². The molecule has 1 amide bonds. The molecular weight excluding hydrogens is 296 g/mol. The predicted octanol–water partition coefficient (Wildman–Crippen LogP) is 1.77. The Kier molecular flexibility index (Phi) is 5.31. The second kappa shape index (κ2) is 7.42. The number of thioether (sulfide) groups is 1. The number of nitrogens with zero attached hydrogens (tertiary/aromatic N) is 4. The summed E-state index contributed by atoms with van der Waals surface area (Å²) in [5, 5.41) is 0. The van der Waals surface area contributed by atoms with Crippen LogP contribution in [0.15, 0.2) is 18.6 Å². The number of piperidine rings is 1. The van der Waals surface area contributed by atoms with Crippen LogP contribution in [-0.2, 0) is 0 Å². The molecule has 4 rings (SSSR count). The van der Waals surface area contributed by atoms with Gasteiger partial charge in [-0.15, -0.1) is 0 Å². The molecule has 2 bridgehead atoms. The summed E-state index contributed by atoms with van der Waals surface area (Å²) >= 11 is 1.91. The first-order valence-electron chi connectivity index (χ1n) is 8.06. The van der Waals surface area contributed by atoms with Crippen molar-refractivity contribution in [3.63, 3.8) is 0 Å². The van der Waals surface area contributed by atoms with Gasteiger partial charge in [0.25, 0.3) is 5.91 Å². The molecule has 0 radical (unpaired) electrons. The van der Waals surface area contributed by atoms with E-state index >= 15 is 0 Å². The highest BCUT2D eigenvalue weighted by molar-refractivity contribution is 7.98. The SMILES string of the molecule is CSCCCN1C[C@H]2CC[C@@H]1CN(C(=O)c1cnccn1)C2. The van der Waals surface area contributed by atoms with Crippen LogP contribution in [0.4, 0.5) is 0 Å². The van der Waals surface area contributed by atoms with Crippen LogP contribution in [0.25, 0.3) is 0 Å². The summed E-state index contributed by atoms with van der Waals surface area (Å²) < 4.78 is 0. The first kappa shape index (κ1) is 15.7. The minimum atomic E-state index is 0.0379. The Hall–Kier alpha value is -1.14. The first-order valence-corrected chi connectivity index (χ1v) is 9.45. The largest absolute Gasteiger partial charge is 0.335 e. The van der Waals surface area contributed by atoms with Crippen LogP contribution < -0.4 is 0 Å².